The third-order valence-electron chi connectivity index (χ3n) is 4.41. The topological polar surface area (TPSA) is 24.5 Å². The van der Waals surface area contributed by atoms with Crippen molar-refractivity contribution in [2.45, 2.75) is 44.8 Å². The Balaban J connectivity index is 1.52. The maximum atomic E-state index is 5.30. The van der Waals surface area contributed by atoms with Crippen molar-refractivity contribution < 1.29 is 4.74 Å². The number of rotatable bonds is 4. The lowest BCUT2D eigenvalue weighted by molar-refractivity contribution is 0.252. The van der Waals surface area contributed by atoms with Gasteiger partial charge in [-0.1, -0.05) is 12.5 Å². The fourth-order valence-corrected chi connectivity index (χ4v) is 3.24. The zero-order valence-electron chi connectivity index (χ0n) is 11.8. The standard InChI is InChI=1S/C16H24N2O/c1-19-16-6-5-13-11-18(12-14(13)10-16)9-7-15-4-2-3-8-17-15/h5-6,10,15,17H,2-4,7-9,11-12H2,1H3. The highest BCUT2D eigenvalue weighted by Gasteiger charge is 2.20. The number of hydrogen-bond donors (Lipinski definition) is 1. The van der Waals surface area contributed by atoms with Gasteiger partial charge in [-0.25, -0.2) is 0 Å². The quantitative estimate of drug-likeness (QED) is 0.900. The number of methoxy groups -OCH3 is 1. The summed E-state index contributed by atoms with van der Waals surface area (Å²) < 4.78 is 5.30. The first-order chi connectivity index (χ1) is 9.35. The van der Waals surface area contributed by atoms with Gasteiger partial charge in [0.25, 0.3) is 0 Å². The van der Waals surface area contributed by atoms with Gasteiger partial charge in [-0.15, -0.1) is 0 Å². The van der Waals surface area contributed by atoms with Crippen molar-refractivity contribution in [2.24, 2.45) is 0 Å². The van der Waals surface area contributed by atoms with Gasteiger partial charge in [0.05, 0.1) is 7.11 Å². The average molecular weight is 260 g/mol. The molecule has 0 saturated carbocycles. The number of ether oxygens (including phenoxy) is 1. The summed E-state index contributed by atoms with van der Waals surface area (Å²) in [6.07, 6.45) is 5.39. The number of benzene rings is 1. The van der Waals surface area contributed by atoms with E-state index in [-0.39, 0.29) is 0 Å². The first-order valence-corrected chi connectivity index (χ1v) is 7.46. The van der Waals surface area contributed by atoms with E-state index >= 15 is 0 Å². The fraction of sp³-hybridized carbons (Fsp3) is 0.625. The first-order valence-electron chi connectivity index (χ1n) is 7.46. The molecule has 2 aliphatic rings. The van der Waals surface area contributed by atoms with Gasteiger partial charge in [-0.05, 0) is 49.1 Å². The van der Waals surface area contributed by atoms with E-state index in [4.69, 9.17) is 4.74 Å². The van der Waals surface area contributed by atoms with Crippen molar-refractivity contribution in [1.29, 1.82) is 0 Å². The lowest BCUT2D eigenvalue weighted by atomic mass is 10.0. The molecular weight excluding hydrogens is 236 g/mol. The number of fused-ring (bicyclic) bond motifs is 1. The minimum atomic E-state index is 0.743. The lowest BCUT2D eigenvalue weighted by Crippen LogP contribution is -2.36. The van der Waals surface area contributed by atoms with E-state index in [0.29, 0.717) is 0 Å². The van der Waals surface area contributed by atoms with Crippen molar-refractivity contribution in [3.8, 4) is 5.75 Å². The molecule has 0 amide bonds. The molecule has 19 heavy (non-hydrogen) atoms. The third kappa shape index (κ3) is 3.10. The van der Waals surface area contributed by atoms with Gasteiger partial charge in [-0.2, -0.15) is 0 Å². The molecule has 1 fully saturated rings. The molecule has 0 spiro atoms. The van der Waals surface area contributed by atoms with Crippen LogP contribution in [0.15, 0.2) is 18.2 Å². The van der Waals surface area contributed by atoms with Gasteiger partial charge >= 0.3 is 0 Å². The van der Waals surface area contributed by atoms with E-state index in [1.807, 2.05) is 0 Å². The Morgan fingerprint density at radius 3 is 2.95 bits per heavy atom. The number of nitrogens with one attached hydrogen (secondary N) is 1. The highest BCUT2D eigenvalue weighted by molar-refractivity contribution is 5.37. The molecule has 3 rings (SSSR count). The molecule has 1 aromatic rings. The Morgan fingerprint density at radius 1 is 1.26 bits per heavy atom. The zero-order chi connectivity index (χ0) is 13.1. The maximum Gasteiger partial charge on any atom is 0.119 e. The van der Waals surface area contributed by atoms with E-state index in [1.165, 1.54) is 49.9 Å². The Kier molecular flexibility index (Phi) is 4.04. The maximum absolute atomic E-state index is 5.30. The Labute approximate surface area is 115 Å². The molecule has 0 bridgehead atoms. The normalized spacial score (nSPS) is 23.3. The highest BCUT2D eigenvalue weighted by Crippen LogP contribution is 2.27. The monoisotopic (exact) mass is 260 g/mol. The molecule has 2 aliphatic heterocycles. The number of hydrogen-bond acceptors (Lipinski definition) is 3. The van der Waals surface area contributed by atoms with Gasteiger partial charge in [0.1, 0.15) is 5.75 Å². The molecule has 1 unspecified atom stereocenters. The summed E-state index contributed by atoms with van der Waals surface area (Å²) in [7, 11) is 1.74. The summed E-state index contributed by atoms with van der Waals surface area (Å²) in [6.45, 7) is 4.60. The molecule has 3 heteroatoms. The second-order valence-corrected chi connectivity index (χ2v) is 5.78. The zero-order valence-corrected chi connectivity index (χ0v) is 11.8. The summed E-state index contributed by atoms with van der Waals surface area (Å²) in [5.41, 5.74) is 2.91. The SMILES string of the molecule is COc1ccc2c(c1)CN(CCC1CCCCN1)C2. The molecule has 0 aromatic heterocycles. The van der Waals surface area contributed by atoms with Gasteiger partial charge in [-0.3, -0.25) is 4.90 Å². The van der Waals surface area contributed by atoms with E-state index in [2.05, 4.69) is 28.4 Å². The van der Waals surface area contributed by atoms with Crippen molar-refractivity contribution >= 4 is 0 Å². The second kappa shape index (κ2) is 5.93. The minimum Gasteiger partial charge on any atom is -0.497 e. The van der Waals surface area contributed by atoms with Crippen LogP contribution in [0.5, 0.6) is 5.75 Å². The van der Waals surface area contributed by atoms with E-state index < -0.39 is 0 Å². The predicted molar refractivity (Wildman–Crippen MR) is 77.4 cm³/mol. The van der Waals surface area contributed by atoms with Crippen molar-refractivity contribution in [2.75, 3.05) is 20.2 Å². The smallest absolute Gasteiger partial charge is 0.119 e. The van der Waals surface area contributed by atoms with Crippen LogP contribution in [0.4, 0.5) is 0 Å². The van der Waals surface area contributed by atoms with Gasteiger partial charge in [0.15, 0.2) is 0 Å². The summed E-state index contributed by atoms with van der Waals surface area (Å²) in [5, 5.41) is 3.64. The van der Waals surface area contributed by atoms with Gasteiger partial charge in [0, 0.05) is 25.7 Å². The summed E-state index contributed by atoms with van der Waals surface area (Å²) in [4.78, 5) is 2.56. The summed E-state index contributed by atoms with van der Waals surface area (Å²) >= 11 is 0. The van der Waals surface area contributed by atoms with E-state index in [1.54, 1.807) is 7.11 Å². The van der Waals surface area contributed by atoms with E-state index in [9.17, 15) is 0 Å². The molecule has 1 N–H and O–H groups in total. The van der Waals surface area contributed by atoms with Crippen molar-refractivity contribution in [3.63, 3.8) is 0 Å². The fourth-order valence-electron chi connectivity index (χ4n) is 3.24. The van der Waals surface area contributed by atoms with E-state index in [0.717, 1.165) is 24.9 Å². The average Bonchev–Trinajstić information content (AvgIpc) is 2.88. The molecule has 1 atom stereocenters. The van der Waals surface area contributed by atoms with Crippen LogP contribution in [0.2, 0.25) is 0 Å². The van der Waals surface area contributed by atoms with Crippen LogP contribution in [0.3, 0.4) is 0 Å². The second-order valence-electron chi connectivity index (χ2n) is 5.78. The van der Waals surface area contributed by atoms with Crippen LogP contribution in [-0.4, -0.2) is 31.1 Å². The predicted octanol–water partition coefficient (Wildman–Crippen LogP) is 2.54. The number of nitrogens with zero attached hydrogens (tertiary/aromatic N) is 1. The molecule has 0 radical (unpaired) electrons. The number of piperidine rings is 1. The van der Waals surface area contributed by atoms with Crippen LogP contribution >= 0.6 is 0 Å². The Bertz CT molecular complexity index is 427. The summed E-state index contributed by atoms with van der Waals surface area (Å²) in [6, 6.07) is 7.22. The molecule has 1 saturated heterocycles. The molecule has 3 nitrogen and oxygen atoms in total. The van der Waals surface area contributed by atoms with Crippen molar-refractivity contribution in [3.05, 3.63) is 29.3 Å². The molecule has 1 aromatic carbocycles. The third-order valence-corrected chi connectivity index (χ3v) is 4.41. The molecule has 104 valence electrons. The van der Waals surface area contributed by atoms with Gasteiger partial charge in [0.2, 0.25) is 0 Å². The Hall–Kier alpha value is -1.06. The summed E-state index contributed by atoms with van der Waals surface area (Å²) in [5.74, 6) is 0.981. The van der Waals surface area contributed by atoms with Crippen LogP contribution in [-0.2, 0) is 13.1 Å². The molecule has 2 heterocycles. The van der Waals surface area contributed by atoms with Crippen LogP contribution < -0.4 is 10.1 Å². The minimum absolute atomic E-state index is 0.743. The molecule has 0 aliphatic carbocycles. The van der Waals surface area contributed by atoms with Crippen LogP contribution in [0.1, 0.15) is 36.8 Å². The Morgan fingerprint density at radius 2 is 2.16 bits per heavy atom. The molecular formula is C16H24N2O. The van der Waals surface area contributed by atoms with Gasteiger partial charge < -0.3 is 10.1 Å². The van der Waals surface area contributed by atoms with Crippen LogP contribution in [0, 0.1) is 0 Å². The highest BCUT2D eigenvalue weighted by atomic mass is 16.5. The lowest BCUT2D eigenvalue weighted by Gasteiger charge is -2.25. The largest absolute Gasteiger partial charge is 0.497 e. The van der Waals surface area contributed by atoms with Crippen LogP contribution in [0.25, 0.3) is 0 Å². The van der Waals surface area contributed by atoms with Crippen molar-refractivity contribution in [1.82, 2.24) is 10.2 Å². The first kappa shape index (κ1) is 12.9.